The van der Waals surface area contributed by atoms with Gasteiger partial charge in [0.15, 0.2) is 0 Å². The fourth-order valence-corrected chi connectivity index (χ4v) is 5.58. The van der Waals surface area contributed by atoms with Crippen LogP contribution in [-0.2, 0) is 6.54 Å². The third-order valence-corrected chi connectivity index (χ3v) is 7.56. The summed E-state index contributed by atoms with van der Waals surface area (Å²) in [5, 5.41) is 9.47. The fraction of sp³-hybridized carbons (Fsp3) is 0.194. The molecule has 206 valence electrons. The van der Waals surface area contributed by atoms with Gasteiger partial charge in [0.05, 0.1) is 36.6 Å². The topological polar surface area (TPSA) is 82.7 Å². The summed E-state index contributed by atoms with van der Waals surface area (Å²) < 4.78 is 46.9. The molecule has 4 aromatic heterocycles. The first-order valence-corrected chi connectivity index (χ1v) is 13.2. The molecule has 0 aliphatic carbocycles. The van der Waals surface area contributed by atoms with Gasteiger partial charge in [0, 0.05) is 66.1 Å². The van der Waals surface area contributed by atoms with Crippen molar-refractivity contribution in [1.29, 1.82) is 0 Å². The number of aromatic nitrogens is 5. The van der Waals surface area contributed by atoms with E-state index in [9.17, 15) is 13.2 Å². The van der Waals surface area contributed by atoms with Crippen molar-refractivity contribution in [2.75, 3.05) is 20.2 Å². The van der Waals surface area contributed by atoms with Crippen LogP contribution in [0.5, 0.6) is 5.75 Å². The van der Waals surface area contributed by atoms with Gasteiger partial charge in [-0.1, -0.05) is 6.07 Å². The number of H-pyrrole nitrogens is 2. The number of rotatable bonds is 6. The number of fused-ring (bicyclic) bond motifs is 2. The van der Waals surface area contributed by atoms with Crippen molar-refractivity contribution in [3.05, 3.63) is 84.7 Å². The van der Waals surface area contributed by atoms with Gasteiger partial charge < -0.3 is 9.72 Å². The predicted molar refractivity (Wildman–Crippen MR) is 151 cm³/mol. The van der Waals surface area contributed by atoms with Crippen LogP contribution >= 0.6 is 0 Å². The van der Waals surface area contributed by atoms with E-state index < -0.39 is 11.7 Å². The molecule has 0 spiro atoms. The molecule has 0 unspecified atom stereocenters. The number of aromatic amines is 2. The Morgan fingerprint density at radius 1 is 0.902 bits per heavy atom. The van der Waals surface area contributed by atoms with E-state index in [-0.39, 0.29) is 13.0 Å². The smallest absolute Gasteiger partial charge is 0.261 e. The van der Waals surface area contributed by atoms with Gasteiger partial charge >= 0.3 is 0 Å². The lowest BCUT2D eigenvalue weighted by Gasteiger charge is -2.15. The number of halogens is 3. The molecule has 0 atom stereocenters. The van der Waals surface area contributed by atoms with Gasteiger partial charge in [0.1, 0.15) is 17.3 Å². The Morgan fingerprint density at radius 2 is 1.78 bits per heavy atom. The first-order valence-electron chi connectivity index (χ1n) is 13.2. The molecule has 1 aliphatic rings. The van der Waals surface area contributed by atoms with Gasteiger partial charge in [-0.15, -0.1) is 0 Å². The summed E-state index contributed by atoms with van der Waals surface area (Å²) in [5.74, 6) is -2.59. The molecule has 41 heavy (non-hydrogen) atoms. The molecule has 1 saturated heterocycles. The summed E-state index contributed by atoms with van der Waals surface area (Å²) in [6.07, 6.45) is 6.83. The number of nitrogens with zero attached hydrogens (tertiary/aromatic N) is 4. The minimum atomic E-state index is -2.63. The molecule has 1 aliphatic heterocycles. The normalized spacial score (nSPS) is 15.2. The number of ether oxygens (including phenoxy) is 1. The highest BCUT2D eigenvalue weighted by atomic mass is 19.3. The zero-order valence-electron chi connectivity index (χ0n) is 22.1. The van der Waals surface area contributed by atoms with Crippen LogP contribution in [0.15, 0.2) is 73.3 Å². The molecule has 0 amide bonds. The molecule has 1 fully saturated rings. The number of likely N-dealkylation sites (tertiary alicyclic amines) is 1. The summed E-state index contributed by atoms with van der Waals surface area (Å²) in [4.78, 5) is 13.9. The van der Waals surface area contributed by atoms with Crippen LogP contribution in [0.25, 0.3) is 55.4 Å². The van der Waals surface area contributed by atoms with Crippen LogP contribution < -0.4 is 4.74 Å². The highest BCUT2D eigenvalue weighted by Gasteiger charge is 2.37. The predicted octanol–water partition coefficient (Wildman–Crippen LogP) is 6.82. The minimum Gasteiger partial charge on any atom is -0.497 e. The van der Waals surface area contributed by atoms with Gasteiger partial charge in [0.2, 0.25) is 0 Å². The number of methoxy groups -OCH3 is 1. The second-order valence-corrected chi connectivity index (χ2v) is 10.4. The van der Waals surface area contributed by atoms with E-state index in [2.05, 4.69) is 25.1 Å². The average molecular weight is 555 g/mol. The SMILES string of the molecule is COc1cc(F)cc(-c2cncc3[nH]c(-c4n[nH]c5ccc(-c6cncc(CN7CCC(F)(F)C7)c6)cc45)cc23)c1. The number of hydrogen-bond acceptors (Lipinski definition) is 5. The summed E-state index contributed by atoms with van der Waals surface area (Å²) >= 11 is 0. The summed E-state index contributed by atoms with van der Waals surface area (Å²) in [6, 6.07) is 14.5. The van der Waals surface area contributed by atoms with Crippen LogP contribution in [0, 0.1) is 5.82 Å². The van der Waals surface area contributed by atoms with Crippen molar-refractivity contribution in [1.82, 2.24) is 30.0 Å². The Balaban J connectivity index is 1.25. The van der Waals surface area contributed by atoms with Gasteiger partial charge in [-0.05, 0) is 53.1 Å². The van der Waals surface area contributed by atoms with Crippen molar-refractivity contribution in [3.63, 3.8) is 0 Å². The highest BCUT2D eigenvalue weighted by molar-refractivity contribution is 6.01. The van der Waals surface area contributed by atoms with E-state index >= 15 is 0 Å². The monoisotopic (exact) mass is 554 g/mol. The Hall–Kier alpha value is -4.70. The zero-order valence-corrected chi connectivity index (χ0v) is 22.1. The Bertz CT molecular complexity index is 1910. The van der Waals surface area contributed by atoms with Crippen LogP contribution in [0.3, 0.4) is 0 Å². The van der Waals surface area contributed by atoms with Crippen molar-refractivity contribution < 1.29 is 17.9 Å². The Labute approximate surface area is 233 Å². The summed E-state index contributed by atoms with van der Waals surface area (Å²) in [6.45, 7) is 0.574. The van der Waals surface area contributed by atoms with Crippen molar-refractivity contribution in [2.24, 2.45) is 0 Å². The van der Waals surface area contributed by atoms with Crippen molar-refractivity contribution >= 4 is 21.8 Å². The molecule has 7 rings (SSSR count). The van der Waals surface area contributed by atoms with Crippen molar-refractivity contribution in [2.45, 2.75) is 18.9 Å². The number of hydrogen-bond donors (Lipinski definition) is 2. The average Bonchev–Trinajstić information content (AvgIpc) is 3.68. The van der Waals surface area contributed by atoms with E-state index in [1.807, 2.05) is 30.3 Å². The van der Waals surface area contributed by atoms with Crippen LogP contribution in [0.4, 0.5) is 13.2 Å². The lowest BCUT2D eigenvalue weighted by atomic mass is 10.0. The van der Waals surface area contributed by atoms with Crippen LogP contribution in [-0.4, -0.2) is 56.2 Å². The standard InChI is InChI=1S/C31H25F3N6O/c1-41-23-8-20(7-22(32)10-23)26-14-36-15-29-24(26)11-28(37-29)30-25-9-19(2-3-27(25)38-39-30)21-6-18(12-35-13-21)16-40-5-4-31(33,34)17-40/h2-3,6-15,37H,4-5,16-17H2,1H3,(H,38,39). The number of pyridine rings is 2. The number of alkyl halides is 2. The molecule has 0 radical (unpaired) electrons. The number of benzene rings is 2. The van der Waals surface area contributed by atoms with Gasteiger partial charge in [0.25, 0.3) is 5.92 Å². The third kappa shape index (κ3) is 4.80. The quantitative estimate of drug-likeness (QED) is 0.236. The molecule has 7 nitrogen and oxygen atoms in total. The molecular weight excluding hydrogens is 529 g/mol. The van der Waals surface area contributed by atoms with Crippen molar-refractivity contribution in [3.8, 4) is 39.4 Å². The van der Waals surface area contributed by atoms with Crippen LogP contribution in [0.1, 0.15) is 12.0 Å². The Kier molecular flexibility index (Phi) is 6.01. The molecule has 6 aromatic rings. The molecular formula is C31H25F3N6O. The van der Waals surface area contributed by atoms with Gasteiger partial charge in [-0.25, -0.2) is 13.2 Å². The molecule has 5 heterocycles. The van der Waals surface area contributed by atoms with E-state index in [0.717, 1.165) is 55.4 Å². The second-order valence-electron chi connectivity index (χ2n) is 10.4. The highest BCUT2D eigenvalue weighted by Crippen LogP contribution is 2.36. The molecule has 2 N–H and O–H groups in total. The lowest BCUT2D eigenvalue weighted by molar-refractivity contribution is 0.0115. The maximum atomic E-state index is 14.3. The first-order chi connectivity index (χ1) is 19.8. The third-order valence-electron chi connectivity index (χ3n) is 7.56. The molecule has 0 saturated carbocycles. The summed E-state index contributed by atoms with van der Waals surface area (Å²) in [7, 11) is 1.50. The fourth-order valence-electron chi connectivity index (χ4n) is 5.58. The van der Waals surface area contributed by atoms with E-state index in [4.69, 9.17) is 4.74 Å². The summed E-state index contributed by atoms with van der Waals surface area (Å²) in [5.41, 5.74) is 7.30. The first kappa shape index (κ1) is 25.3. The maximum absolute atomic E-state index is 14.3. The van der Waals surface area contributed by atoms with Gasteiger partial charge in [-0.2, -0.15) is 5.10 Å². The Morgan fingerprint density at radius 3 is 2.61 bits per heavy atom. The second kappa shape index (κ2) is 9.74. The lowest BCUT2D eigenvalue weighted by Crippen LogP contribution is -2.24. The zero-order chi connectivity index (χ0) is 28.1. The molecule has 2 aromatic carbocycles. The number of nitrogens with one attached hydrogen (secondary N) is 2. The minimum absolute atomic E-state index is 0.109. The van der Waals surface area contributed by atoms with Crippen LogP contribution in [0.2, 0.25) is 0 Å². The largest absolute Gasteiger partial charge is 0.497 e. The molecule has 0 bridgehead atoms. The van der Waals surface area contributed by atoms with Gasteiger partial charge in [-0.3, -0.25) is 20.0 Å². The maximum Gasteiger partial charge on any atom is 0.261 e. The molecule has 10 heteroatoms. The van der Waals surface area contributed by atoms with E-state index in [1.54, 1.807) is 35.8 Å². The van der Waals surface area contributed by atoms with E-state index in [1.165, 1.54) is 19.2 Å². The van der Waals surface area contributed by atoms with E-state index in [0.29, 0.717) is 24.4 Å².